The van der Waals surface area contributed by atoms with Crippen LogP contribution in [0.5, 0.6) is 0 Å². The summed E-state index contributed by atoms with van der Waals surface area (Å²) in [5.74, 6) is -1.71. The zero-order valence-corrected chi connectivity index (χ0v) is 14.5. The van der Waals surface area contributed by atoms with E-state index >= 15 is 0 Å². The smallest absolute Gasteiger partial charge is 0.336 e. The first-order valence-corrected chi connectivity index (χ1v) is 8.09. The number of anilines is 1. The molecule has 2 aromatic rings. The summed E-state index contributed by atoms with van der Waals surface area (Å²) in [6, 6.07) is 5.81. The Balaban J connectivity index is 2.37. The number of para-hydroxylation sites is 1. The van der Waals surface area contributed by atoms with Gasteiger partial charge >= 0.3 is 11.7 Å². The van der Waals surface area contributed by atoms with E-state index in [9.17, 15) is 24.5 Å². The van der Waals surface area contributed by atoms with Crippen molar-refractivity contribution in [3.05, 3.63) is 77.6 Å². The molecule has 1 aromatic heterocycles. The van der Waals surface area contributed by atoms with E-state index < -0.39 is 28.1 Å². The van der Waals surface area contributed by atoms with Gasteiger partial charge in [0.15, 0.2) is 0 Å². The molecule has 140 valence electrons. The highest BCUT2D eigenvalue weighted by atomic mass is 16.6. The summed E-state index contributed by atoms with van der Waals surface area (Å²) in [5, 5.41) is 14.3. The van der Waals surface area contributed by atoms with E-state index in [1.54, 1.807) is 19.9 Å². The average Bonchev–Trinajstić information content (AvgIpc) is 2.60. The van der Waals surface area contributed by atoms with E-state index in [4.69, 9.17) is 4.74 Å². The van der Waals surface area contributed by atoms with Crippen molar-refractivity contribution in [1.29, 1.82) is 0 Å². The monoisotopic (exact) mass is 372 g/mol. The van der Waals surface area contributed by atoms with Gasteiger partial charge in [-0.15, -0.1) is 0 Å². The number of hydrogen-bond donors (Lipinski definition) is 3. The van der Waals surface area contributed by atoms with Gasteiger partial charge in [-0.1, -0.05) is 18.2 Å². The number of nitrogens with zero attached hydrogens (tertiary/aromatic N) is 1. The molecule has 27 heavy (non-hydrogen) atoms. The largest absolute Gasteiger partial charge is 0.463 e. The minimum absolute atomic E-state index is 0.00227. The molecule has 0 fully saturated rings. The van der Waals surface area contributed by atoms with Gasteiger partial charge in [0.1, 0.15) is 5.82 Å². The van der Waals surface area contributed by atoms with Gasteiger partial charge < -0.3 is 10.1 Å². The number of allylic oxidation sites excluding steroid dienone is 1. The molecule has 0 saturated carbocycles. The van der Waals surface area contributed by atoms with Crippen molar-refractivity contribution in [2.45, 2.75) is 19.8 Å². The van der Waals surface area contributed by atoms with Gasteiger partial charge in [-0.2, -0.15) is 0 Å². The fraction of sp³-hybridized carbons (Fsp3) is 0.235. The van der Waals surface area contributed by atoms with Crippen molar-refractivity contribution in [3.63, 3.8) is 0 Å². The van der Waals surface area contributed by atoms with Crippen molar-refractivity contribution in [1.82, 2.24) is 9.97 Å². The Kier molecular flexibility index (Phi) is 4.63. The van der Waals surface area contributed by atoms with E-state index in [0.29, 0.717) is 5.70 Å². The standard InChI is InChI=1S/C17H16N4O6/c1-3-27-16(23)11-8(2)18-14-13(15(22)20-17(24)19-14)12(11)9-6-4-5-7-10(9)21(25)26/h4-7,12H,3H2,1-2H3,(H3,18,19,20,22,24). The summed E-state index contributed by atoms with van der Waals surface area (Å²) in [5.41, 5.74) is -1.21. The zero-order chi connectivity index (χ0) is 19.7. The quantitative estimate of drug-likeness (QED) is 0.417. The highest BCUT2D eigenvalue weighted by Gasteiger charge is 2.38. The van der Waals surface area contributed by atoms with Crippen molar-refractivity contribution < 1.29 is 14.5 Å². The molecule has 1 aliphatic rings. The Labute approximate surface area is 152 Å². The molecule has 10 heteroatoms. The number of ether oxygens (including phenoxy) is 1. The lowest BCUT2D eigenvalue weighted by atomic mass is 9.81. The second-order valence-corrected chi connectivity index (χ2v) is 5.83. The van der Waals surface area contributed by atoms with Crippen molar-refractivity contribution in [3.8, 4) is 0 Å². The van der Waals surface area contributed by atoms with Crippen LogP contribution >= 0.6 is 0 Å². The van der Waals surface area contributed by atoms with Crippen LogP contribution in [0.4, 0.5) is 11.5 Å². The Morgan fingerprint density at radius 2 is 1.96 bits per heavy atom. The molecule has 0 aliphatic carbocycles. The highest BCUT2D eigenvalue weighted by Crippen LogP contribution is 2.42. The predicted molar refractivity (Wildman–Crippen MR) is 95.6 cm³/mol. The predicted octanol–water partition coefficient (Wildman–Crippen LogP) is 1.37. The average molecular weight is 372 g/mol. The van der Waals surface area contributed by atoms with E-state index in [1.807, 2.05) is 0 Å². The number of aromatic nitrogens is 2. The molecular formula is C17H16N4O6. The van der Waals surface area contributed by atoms with Crippen LogP contribution in [0.2, 0.25) is 0 Å². The Hall–Kier alpha value is -3.69. The summed E-state index contributed by atoms with van der Waals surface area (Å²) in [4.78, 5) is 52.2. The van der Waals surface area contributed by atoms with Crippen LogP contribution in [0, 0.1) is 10.1 Å². The molecule has 0 radical (unpaired) electrons. The third-order valence-electron chi connectivity index (χ3n) is 4.21. The molecule has 3 N–H and O–H groups in total. The van der Waals surface area contributed by atoms with Crippen LogP contribution in [0.15, 0.2) is 45.1 Å². The minimum atomic E-state index is -1.08. The van der Waals surface area contributed by atoms with Gasteiger partial charge in [0, 0.05) is 17.3 Å². The number of benzene rings is 1. The number of hydrogen-bond acceptors (Lipinski definition) is 7. The topological polar surface area (TPSA) is 147 Å². The molecule has 0 spiro atoms. The van der Waals surface area contributed by atoms with Crippen molar-refractivity contribution in [2.75, 3.05) is 11.9 Å². The van der Waals surface area contributed by atoms with E-state index in [1.165, 1.54) is 18.2 Å². The van der Waals surface area contributed by atoms with Crippen molar-refractivity contribution >= 4 is 17.5 Å². The molecule has 0 amide bonds. The summed E-state index contributed by atoms with van der Waals surface area (Å²) in [6.07, 6.45) is 0. The molecule has 0 bridgehead atoms. The number of aromatic amines is 2. The fourth-order valence-electron chi connectivity index (χ4n) is 3.17. The van der Waals surface area contributed by atoms with Crippen LogP contribution in [0.25, 0.3) is 0 Å². The molecule has 1 atom stereocenters. The summed E-state index contributed by atoms with van der Waals surface area (Å²) in [6.45, 7) is 3.28. The van der Waals surface area contributed by atoms with Gasteiger partial charge in [0.2, 0.25) is 0 Å². The fourth-order valence-corrected chi connectivity index (χ4v) is 3.17. The lowest BCUT2D eigenvalue weighted by Crippen LogP contribution is -2.35. The van der Waals surface area contributed by atoms with Gasteiger partial charge in [0.25, 0.3) is 11.2 Å². The number of nitrogens with one attached hydrogen (secondary N) is 3. The first-order chi connectivity index (χ1) is 12.8. The molecule has 3 rings (SSSR count). The maximum atomic E-state index is 12.6. The maximum absolute atomic E-state index is 12.6. The molecule has 1 aliphatic heterocycles. The lowest BCUT2D eigenvalue weighted by Gasteiger charge is -2.28. The van der Waals surface area contributed by atoms with Crippen LogP contribution < -0.4 is 16.6 Å². The van der Waals surface area contributed by atoms with Gasteiger partial charge in [-0.05, 0) is 13.8 Å². The summed E-state index contributed by atoms with van der Waals surface area (Å²) >= 11 is 0. The van der Waals surface area contributed by atoms with Crippen LogP contribution in [-0.4, -0.2) is 27.5 Å². The Morgan fingerprint density at radius 1 is 1.26 bits per heavy atom. The van der Waals surface area contributed by atoms with Gasteiger partial charge in [-0.3, -0.25) is 24.9 Å². The first kappa shape index (κ1) is 18.1. The SMILES string of the molecule is CCOC(=O)C1=C(C)Nc2[nH]c(=O)[nH]c(=O)c2C1c1ccccc1[N+](=O)[O-]. The second-order valence-electron chi connectivity index (χ2n) is 5.83. The Bertz CT molecular complexity index is 1080. The van der Waals surface area contributed by atoms with E-state index in [0.717, 1.165) is 0 Å². The maximum Gasteiger partial charge on any atom is 0.336 e. The number of fused-ring (bicyclic) bond motifs is 1. The molecule has 10 nitrogen and oxygen atoms in total. The van der Waals surface area contributed by atoms with Crippen LogP contribution in [-0.2, 0) is 9.53 Å². The van der Waals surface area contributed by atoms with Gasteiger partial charge in [-0.25, -0.2) is 9.59 Å². The Morgan fingerprint density at radius 3 is 2.63 bits per heavy atom. The molecule has 2 heterocycles. The van der Waals surface area contributed by atoms with Crippen LogP contribution in [0.1, 0.15) is 30.9 Å². The number of carbonyl (C=O) groups is 1. The lowest BCUT2D eigenvalue weighted by molar-refractivity contribution is -0.385. The number of esters is 1. The molecule has 1 aromatic carbocycles. The normalized spacial score (nSPS) is 15.7. The molecule has 0 saturated heterocycles. The minimum Gasteiger partial charge on any atom is -0.463 e. The van der Waals surface area contributed by atoms with Gasteiger partial charge in [0.05, 0.1) is 28.6 Å². The number of rotatable bonds is 4. The van der Waals surface area contributed by atoms with E-state index in [-0.39, 0.29) is 34.8 Å². The number of nitro benzene ring substituents is 1. The first-order valence-electron chi connectivity index (χ1n) is 8.09. The van der Waals surface area contributed by atoms with Crippen molar-refractivity contribution in [2.24, 2.45) is 0 Å². The second kappa shape index (κ2) is 6.90. The summed E-state index contributed by atoms with van der Waals surface area (Å²) in [7, 11) is 0. The third kappa shape index (κ3) is 3.12. The number of nitro groups is 1. The molecule has 1 unspecified atom stereocenters. The zero-order valence-electron chi connectivity index (χ0n) is 14.5. The molecular weight excluding hydrogens is 356 g/mol. The third-order valence-corrected chi connectivity index (χ3v) is 4.21. The summed E-state index contributed by atoms with van der Waals surface area (Å²) < 4.78 is 5.09. The number of carbonyl (C=O) groups excluding carboxylic acids is 1. The number of H-pyrrole nitrogens is 2. The van der Waals surface area contributed by atoms with E-state index in [2.05, 4.69) is 15.3 Å². The highest BCUT2D eigenvalue weighted by molar-refractivity contribution is 5.94. The van der Waals surface area contributed by atoms with Crippen LogP contribution in [0.3, 0.4) is 0 Å².